The van der Waals surface area contributed by atoms with Crippen LogP contribution in [-0.2, 0) is 10.1 Å². The van der Waals surface area contributed by atoms with Gasteiger partial charge in [-0.3, -0.25) is 0 Å². The highest BCUT2D eigenvalue weighted by molar-refractivity contribution is 9.08. The summed E-state index contributed by atoms with van der Waals surface area (Å²) in [5, 5.41) is 0.730. The number of carbonyl (C=O) groups excluding carboxylic acids is 1. The molecule has 0 fully saturated rings. The van der Waals surface area contributed by atoms with Crippen LogP contribution in [0, 0.1) is 5.92 Å². The third-order valence-electron chi connectivity index (χ3n) is 2.27. The van der Waals surface area contributed by atoms with Crippen LogP contribution in [0.25, 0.3) is 0 Å². The summed E-state index contributed by atoms with van der Waals surface area (Å²) in [6.07, 6.45) is 0. The summed E-state index contributed by atoms with van der Waals surface area (Å²) >= 11 is 3.39. The normalized spacial score (nSPS) is 10.5. The summed E-state index contributed by atoms with van der Waals surface area (Å²) in [7, 11) is 0. The lowest BCUT2D eigenvalue weighted by Gasteiger charge is -2.13. The molecule has 18 heavy (non-hydrogen) atoms. The van der Waals surface area contributed by atoms with Crippen LogP contribution in [0.3, 0.4) is 0 Å². The number of rotatable bonds is 6. The Hall–Kier alpha value is -1.03. The minimum absolute atomic E-state index is 0.336. The zero-order valence-electron chi connectivity index (χ0n) is 11.0. The van der Waals surface area contributed by atoms with E-state index >= 15 is 0 Å². The molecule has 1 rings (SSSR count). The molecule has 0 saturated heterocycles. The topological polar surface area (TPSA) is 35.5 Å². The molecule has 0 spiro atoms. The Labute approximate surface area is 117 Å². The van der Waals surface area contributed by atoms with Gasteiger partial charge in [-0.05, 0) is 30.5 Å². The molecule has 100 valence electrons. The second kappa shape index (κ2) is 7.41. The van der Waals surface area contributed by atoms with Gasteiger partial charge in [0.15, 0.2) is 0 Å². The Morgan fingerprint density at radius 2 is 2.11 bits per heavy atom. The summed E-state index contributed by atoms with van der Waals surface area (Å²) in [6, 6.07) is 5.52. The van der Waals surface area contributed by atoms with Crippen molar-refractivity contribution in [1.82, 2.24) is 0 Å². The third kappa shape index (κ3) is 4.33. The highest BCUT2D eigenvalue weighted by Crippen LogP contribution is 2.23. The van der Waals surface area contributed by atoms with E-state index in [1.807, 2.05) is 12.1 Å². The van der Waals surface area contributed by atoms with Gasteiger partial charge in [-0.1, -0.05) is 35.8 Å². The summed E-state index contributed by atoms with van der Waals surface area (Å²) < 4.78 is 10.7. The predicted octanol–water partition coefficient (Wildman–Crippen LogP) is 3.79. The van der Waals surface area contributed by atoms with Crippen LogP contribution in [0.1, 0.15) is 36.7 Å². The van der Waals surface area contributed by atoms with Crippen LogP contribution in [0.5, 0.6) is 5.75 Å². The van der Waals surface area contributed by atoms with Crippen LogP contribution >= 0.6 is 15.9 Å². The third-order valence-corrected chi connectivity index (χ3v) is 2.92. The molecule has 0 aliphatic heterocycles. The van der Waals surface area contributed by atoms with E-state index in [-0.39, 0.29) is 5.97 Å². The fraction of sp³-hybridized carbons (Fsp3) is 0.500. The van der Waals surface area contributed by atoms with Crippen molar-refractivity contribution < 1.29 is 14.3 Å². The number of halogens is 1. The highest BCUT2D eigenvalue weighted by Gasteiger charge is 2.14. The van der Waals surface area contributed by atoms with Crippen LogP contribution < -0.4 is 4.74 Å². The van der Waals surface area contributed by atoms with Crippen LogP contribution in [0.2, 0.25) is 0 Å². The Balaban J connectivity index is 2.96. The summed E-state index contributed by atoms with van der Waals surface area (Å²) in [6.45, 7) is 6.87. The molecular formula is C14H19BrO3. The minimum Gasteiger partial charge on any atom is -0.492 e. The van der Waals surface area contributed by atoms with Gasteiger partial charge >= 0.3 is 5.97 Å². The maximum Gasteiger partial charge on any atom is 0.341 e. The number of esters is 1. The molecule has 4 heteroatoms. The zero-order valence-corrected chi connectivity index (χ0v) is 12.6. The van der Waals surface area contributed by atoms with Crippen LogP contribution in [-0.4, -0.2) is 19.2 Å². The van der Waals surface area contributed by atoms with E-state index in [1.165, 1.54) is 0 Å². The van der Waals surface area contributed by atoms with Crippen LogP contribution in [0.4, 0.5) is 0 Å². The number of ether oxygens (including phenoxy) is 2. The van der Waals surface area contributed by atoms with Gasteiger partial charge in [0.2, 0.25) is 0 Å². The lowest BCUT2D eigenvalue weighted by Crippen LogP contribution is -2.11. The van der Waals surface area contributed by atoms with Crippen LogP contribution in [0.15, 0.2) is 18.2 Å². The molecule has 3 nitrogen and oxygen atoms in total. The molecule has 0 aliphatic rings. The number of hydrogen-bond donors (Lipinski definition) is 0. The SMILES string of the molecule is CCOC(=O)c1ccc(CBr)cc1OCC(C)C. The summed E-state index contributed by atoms with van der Waals surface area (Å²) in [5.74, 6) is 0.671. The average Bonchev–Trinajstić information content (AvgIpc) is 2.36. The Morgan fingerprint density at radius 3 is 2.67 bits per heavy atom. The molecular weight excluding hydrogens is 296 g/mol. The standard InChI is InChI=1S/C14H19BrO3/c1-4-17-14(16)12-6-5-11(8-15)7-13(12)18-9-10(2)3/h5-7,10H,4,8-9H2,1-3H3. The molecule has 1 aromatic rings. The molecule has 0 radical (unpaired) electrons. The van der Waals surface area contributed by atoms with Crippen molar-refractivity contribution in [2.75, 3.05) is 13.2 Å². The van der Waals surface area contributed by atoms with Gasteiger partial charge in [-0.2, -0.15) is 0 Å². The molecule has 1 aromatic carbocycles. The van der Waals surface area contributed by atoms with E-state index in [1.54, 1.807) is 13.0 Å². The van der Waals surface area contributed by atoms with E-state index in [0.717, 1.165) is 10.9 Å². The Morgan fingerprint density at radius 1 is 1.39 bits per heavy atom. The first-order chi connectivity index (χ1) is 8.58. The quantitative estimate of drug-likeness (QED) is 0.592. The van der Waals surface area contributed by atoms with E-state index in [9.17, 15) is 4.79 Å². The van der Waals surface area contributed by atoms with Crippen molar-refractivity contribution in [3.8, 4) is 5.75 Å². The van der Waals surface area contributed by atoms with E-state index in [2.05, 4.69) is 29.8 Å². The number of carbonyl (C=O) groups is 1. The van der Waals surface area contributed by atoms with Gasteiger partial charge in [0.05, 0.1) is 13.2 Å². The largest absolute Gasteiger partial charge is 0.492 e. The Kier molecular flexibility index (Phi) is 6.19. The number of benzene rings is 1. The van der Waals surface area contributed by atoms with Crippen molar-refractivity contribution in [2.45, 2.75) is 26.1 Å². The molecule has 0 amide bonds. The van der Waals surface area contributed by atoms with Crippen molar-refractivity contribution in [1.29, 1.82) is 0 Å². The maximum atomic E-state index is 11.8. The second-order valence-corrected chi connectivity index (χ2v) is 4.95. The average molecular weight is 315 g/mol. The fourth-order valence-corrected chi connectivity index (χ4v) is 1.75. The van der Waals surface area contributed by atoms with Gasteiger partial charge in [0, 0.05) is 5.33 Å². The molecule has 0 aliphatic carbocycles. The molecule has 0 bridgehead atoms. The Bertz CT molecular complexity index is 402. The highest BCUT2D eigenvalue weighted by atomic mass is 79.9. The van der Waals surface area contributed by atoms with Crippen molar-refractivity contribution in [3.05, 3.63) is 29.3 Å². The van der Waals surface area contributed by atoms with Gasteiger partial charge in [0.1, 0.15) is 11.3 Å². The van der Waals surface area contributed by atoms with Gasteiger partial charge in [0.25, 0.3) is 0 Å². The number of hydrogen-bond acceptors (Lipinski definition) is 3. The first-order valence-electron chi connectivity index (χ1n) is 6.07. The first-order valence-corrected chi connectivity index (χ1v) is 7.19. The number of alkyl halides is 1. The zero-order chi connectivity index (χ0) is 13.5. The fourth-order valence-electron chi connectivity index (χ4n) is 1.40. The summed E-state index contributed by atoms with van der Waals surface area (Å²) in [5.41, 5.74) is 1.56. The molecule has 0 N–H and O–H groups in total. The van der Waals surface area contributed by atoms with E-state index < -0.39 is 0 Å². The molecule has 0 unspecified atom stereocenters. The van der Waals surface area contributed by atoms with E-state index in [0.29, 0.717) is 30.4 Å². The lowest BCUT2D eigenvalue weighted by atomic mass is 10.1. The maximum absolute atomic E-state index is 11.8. The minimum atomic E-state index is -0.336. The lowest BCUT2D eigenvalue weighted by molar-refractivity contribution is 0.0521. The van der Waals surface area contributed by atoms with Gasteiger partial charge in [-0.15, -0.1) is 0 Å². The van der Waals surface area contributed by atoms with Gasteiger partial charge in [-0.25, -0.2) is 4.79 Å². The van der Waals surface area contributed by atoms with Crippen molar-refractivity contribution >= 4 is 21.9 Å². The van der Waals surface area contributed by atoms with Crippen molar-refractivity contribution in [2.24, 2.45) is 5.92 Å². The summed E-state index contributed by atoms with van der Waals surface area (Å²) in [4.78, 5) is 11.8. The predicted molar refractivity (Wildman–Crippen MR) is 75.4 cm³/mol. The van der Waals surface area contributed by atoms with Crippen molar-refractivity contribution in [3.63, 3.8) is 0 Å². The monoisotopic (exact) mass is 314 g/mol. The van der Waals surface area contributed by atoms with E-state index in [4.69, 9.17) is 9.47 Å². The molecule has 0 aromatic heterocycles. The smallest absolute Gasteiger partial charge is 0.341 e. The first kappa shape index (κ1) is 15.0. The molecule has 0 heterocycles. The second-order valence-electron chi connectivity index (χ2n) is 4.39. The molecule has 0 atom stereocenters. The van der Waals surface area contributed by atoms with Gasteiger partial charge < -0.3 is 9.47 Å². The molecule has 0 saturated carbocycles.